The molecule has 0 bridgehead atoms. The lowest BCUT2D eigenvalue weighted by Gasteiger charge is -2.17. The van der Waals surface area contributed by atoms with Crippen molar-refractivity contribution in [2.24, 2.45) is 0 Å². The second-order valence-electron chi connectivity index (χ2n) is 8.26. The van der Waals surface area contributed by atoms with Gasteiger partial charge in [0.1, 0.15) is 18.0 Å². The highest BCUT2D eigenvalue weighted by Crippen LogP contribution is 2.20. The van der Waals surface area contributed by atoms with Gasteiger partial charge >= 0.3 is 0 Å². The van der Waals surface area contributed by atoms with E-state index in [2.05, 4.69) is 20.5 Å². The summed E-state index contributed by atoms with van der Waals surface area (Å²) in [5.41, 5.74) is 4.20. The van der Waals surface area contributed by atoms with Crippen molar-refractivity contribution in [3.63, 3.8) is 0 Å². The van der Waals surface area contributed by atoms with E-state index in [9.17, 15) is 4.79 Å². The Hall–Kier alpha value is -3.85. The SMILES string of the molecule is CSCCC(NC(=O)c1ccc(OCc2cn3cccc(C)c3n2)cc1)c1nnc2ccccn12. The predicted octanol–water partition coefficient (Wildman–Crippen LogP) is 4.49. The molecule has 1 atom stereocenters. The molecule has 9 heteroatoms. The van der Waals surface area contributed by atoms with E-state index >= 15 is 0 Å². The van der Waals surface area contributed by atoms with Gasteiger partial charge in [0.2, 0.25) is 0 Å². The zero-order valence-electron chi connectivity index (χ0n) is 19.6. The van der Waals surface area contributed by atoms with Gasteiger partial charge in [-0.15, -0.1) is 10.2 Å². The number of aryl methyl sites for hydroxylation is 1. The molecular weight excluding hydrogens is 460 g/mol. The molecule has 1 aromatic carbocycles. The van der Waals surface area contributed by atoms with E-state index in [1.165, 1.54) is 0 Å². The Bertz CT molecular complexity index is 1460. The predicted molar refractivity (Wildman–Crippen MR) is 137 cm³/mol. The largest absolute Gasteiger partial charge is 0.487 e. The van der Waals surface area contributed by atoms with Gasteiger partial charge in [0.05, 0.1) is 11.7 Å². The molecule has 0 radical (unpaired) electrons. The molecule has 0 aliphatic carbocycles. The number of imidazole rings is 1. The first-order chi connectivity index (χ1) is 17.1. The fraction of sp³-hybridized carbons (Fsp3) is 0.231. The second kappa shape index (κ2) is 10.2. The van der Waals surface area contributed by atoms with E-state index in [0.29, 0.717) is 17.9 Å². The Morgan fingerprint density at radius 3 is 2.74 bits per heavy atom. The van der Waals surface area contributed by atoms with E-state index in [0.717, 1.165) is 40.5 Å². The van der Waals surface area contributed by atoms with Crippen LogP contribution in [0.1, 0.15) is 39.9 Å². The van der Waals surface area contributed by atoms with Crippen LogP contribution < -0.4 is 10.1 Å². The average molecular weight is 487 g/mol. The minimum atomic E-state index is -0.248. The number of hydrogen-bond donors (Lipinski definition) is 1. The van der Waals surface area contributed by atoms with Crippen molar-refractivity contribution in [3.8, 4) is 5.75 Å². The molecule has 35 heavy (non-hydrogen) atoms. The first-order valence-electron chi connectivity index (χ1n) is 11.4. The molecule has 1 unspecified atom stereocenters. The summed E-state index contributed by atoms with van der Waals surface area (Å²) in [5, 5.41) is 11.7. The number of nitrogens with one attached hydrogen (secondary N) is 1. The number of pyridine rings is 2. The minimum Gasteiger partial charge on any atom is -0.487 e. The lowest BCUT2D eigenvalue weighted by molar-refractivity contribution is 0.0933. The smallest absolute Gasteiger partial charge is 0.251 e. The summed E-state index contributed by atoms with van der Waals surface area (Å²) in [4.78, 5) is 17.7. The van der Waals surface area contributed by atoms with Crippen LogP contribution in [0.5, 0.6) is 5.75 Å². The third-order valence-electron chi connectivity index (χ3n) is 5.80. The van der Waals surface area contributed by atoms with Gasteiger partial charge in [-0.2, -0.15) is 11.8 Å². The third kappa shape index (κ3) is 5.00. The Balaban J connectivity index is 1.26. The van der Waals surface area contributed by atoms with Gasteiger partial charge in [0.25, 0.3) is 5.91 Å². The van der Waals surface area contributed by atoms with Gasteiger partial charge in [0, 0.05) is 24.2 Å². The summed E-state index contributed by atoms with van der Waals surface area (Å²) in [6, 6.07) is 16.7. The lowest BCUT2D eigenvalue weighted by atomic mass is 10.1. The summed E-state index contributed by atoms with van der Waals surface area (Å²) >= 11 is 1.73. The van der Waals surface area contributed by atoms with Gasteiger partial charge in [0.15, 0.2) is 11.5 Å². The van der Waals surface area contributed by atoms with E-state index in [-0.39, 0.29) is 11.9 Å². The number of nitrogens with zero attached hydrogens (tertiary/aromatic N) is 5. The van der Waals surface area contributed by atoms with Crippen LogP contribution >= 0.6 is 11.8 Å². The molecular formula is C26H26N6O2S. The lowest BCUT2D eigenvalue weighted by Crippen LogP contribution is -2.30. The van der Waals surface area contributed by atoms with Crippen LogP contribution in [0, 0.1) is 6.92 Å². The van der Waals surface area contributed by atoms with Crippen molar-refractivity contribution in [2.45, 2.75) is 26.0 Å². The highest BCUT2D eigenvalue weighted by atomic mass is 32.2. The Kier molecular flexibility index (Phi) is 6.67. The maximum Gasteiger partial charge on any atom is 0.251 e. The van der Waals surface area contributed by atoms with Crippen LogP contribution in [0.15, 0.2) is 73.2 Å². The fourth-order valence-corrected chi connectivity index (χ4v) is 4.45. The van der Waals surface area contributed by atoms with E-state index in [4.69, 9.17) is 4.74 Å². The highest BCUT2D eigenvalue weighted by molar-refractivity contribution is 7.98. The van der Waals surface area contributed by atoms with Crippen molar-refractivity contribution in [3.05, 3.63) is 95.8 Å². The number of carbonyl (C=O) groups is 1. The number of fused-ring (bicyclic) bond motifs is 2. The maximum absolute atomic E-state index is 13.0. The van der Waals surface area contributed by atoms with Crippen LogP contribution in [0.25, 0.3) is 11.3 Å². The molecule has 5 rings (SSSR count). The highest BCUT2D eigenvalue weighted by Gasteiger charge is 2.21. The zero-order valence-corrected chi connectivity index (χ0v) is 20.4. The third-order valence-corrected chi connectivity index (χ3v) is 6.44. The molecule has 0 fully saturated rings. The van der Waals surface area contributed by atoms with Crippen molar-refractivity contribution in [1.29, 1.82) is 0 Å². The quantitative estimate of drug-likeness (QED) is 0.330. The summed E-state index contributed by atoms with van der Waals surface area (Å²) < 4.78 is 9.82. The zero-order chi connectivity index (χ0) is 24.2. The molecule has 1 N–H and O–H groups in total. The number of carbonyl (C=O) groups excluding carboxylic acids is 1. The summed E-state index contributed by atoms with van der Waals surface area (Å²) in [6.07, 6.45) is 8.66. The number of ether oxygens (including phenoxy) is 1. The maximum atomic E-state index is 13.0. The molecule has 0 saturated carbocycles. The van der Waals surface area contributed by atoms with Gasteiger partial charge in [-0.25, -0.2) is 4.98 Å². The Morgan fingerprint density at radius 1 is 1.09 bits per heavy atom. The van der Waals surface area contributed by atoms with Gasteiger partial charge in [-0.1, -0.05) is 12.1 Å². The van der Waals surface area contributed by atoms with Crippen molar-refractivity contribution >= 4 is 29.0 Å². The molecule has 8 nitrogen and oxygen atoms in total. The Labute approximate surface area is 207 Å². The van der Waals surface area contributed by atoms with Crippen LogP contribution in [0.3, 0.4) is 0 Å². The first-order valence-corrected chi connectivity index (χ1v) is 12.8. The normalized spacial score (nSPS) is 12.2. The number of aromatic nitrogens is 5. The molecule has 178 valence electrons. The molecule has 0 aliphatic heterocycles. The van der Waals surface area contributed by atoms with Crippen molar-refractivity contribution < 1.29 is 9.53 Å². The van der Waals surface area contributed by atoms with E-state index in [1.54, 1.807) is 36.0 Å². The van der Waals surface area contributed by atoms with Crippen molar-refractivity contribution in [2.75, 3.05) is 12.0 Å². The number of rotatable bonds is 9. The molecule has 5 aromatic rings. The van der Waals surface area contributed by atoms with E-state index < -0.39 is 0 Å². The number of hydrogen-bond acceptors (Lipinski definition) is 6. The fourth-order valence-electron chi connectivity index (χ4n) is 3.97. The summed E-state index contributed by atoms with van der Waals surface area (Å²) in [7, 11) is 0. The van der Waals surface area contributed by atoms with Crippen LogP contribution in [-0.2, 0) is 6.61 Å². The average Bonchev–Trinajstić information content (AvgIpc) is 3.50. The molecule has 4 heterocycles. The number of amides is 1. The number of thioether (sulfide) groups is 1. The van der Waals surface area contributed by atoms with Gasteiger partial charge in [-0.3, -0.25) is 9.20 Å². The van der Waals surface area contributed by atoms with Gasteiger partial charge < -0.3 is 14.5 Å². The molecule has 0 spiro atoms. The molecule has 1 amide bonds. The standard InChI is InChI=1S/C26H26N6O2S/c1-18-6-5-13-31-16-20(27-24(18)31)17-34-21-10-8-19(9-11-21)26(33)28-22(12-15-35-2)25-30-29-23-7-3-4-14-32(23)25/h3-11,13-14,16,22H,12,15,17H2,1-2H3,(H,28,33). The topological polar surface area (TPSA) is 85.8 Å². The van der Waals surface area contributed by atoms with E-state index in [1.807, 2.05) is 70.9 Å². The molecule has 0 saturated heterocycles. The first kappa shape index (κ1) is 22.9. The van der Waals surface area contributed by atoms with Crippen LogP contribution in [0.4, 0.5) is 0 Å². The van der Waals surface area contributed by atoms with Gasteiger partial charge in [-0.05, 0) is 73.4 Å². The van der Waals surface area contributed by atoms with Crippen LogP contribution in [0.2, 0.25) is 0 Å². The molecule has 0 aliphatic rings. The number of benzene rings is 1. The molecule has 4 aromatic heterocycles. The Morgan fingerprint density at radius 2 is 1.94 bits per heavy atom. The minimum absolute atomic E-state index is 0.161. The second-order valence-corrected chi connectivity index (χ2v) is 9.25. The van der Waals surface area contributed by atoms with Crippen molar-refractivity contribution in [1.82, 2.24) is 29.3 Å². The summed E-state index contributed by atoms with van der Waals surface area (Å²) in [5.74, 6) is 2.14. The monoisotopic (exact) mass is 486 g/mol. The summed E-state index contributed by atoms with van der Waals surface area (Å²) in [6.45, 7) is 2.39. The van der Waals surface area contributed by atoms with Crippen LogP contribution in [-0.4, -0.2) is 41.9 Å².